The number of carbonyl (C=O) groups excluding carboxylic acids is 3. The molecule has 0 saturated heterocycles. The zero-order valence-corrected chi connectivity index (χ0v) is 17.4. The highest BCUT2D eigenvalue weighted by molar-refractivity contribution is 5.96. The Hall–Kier alpha value is -3.15. The highest BCUT2D eigenvalue weighted by Crippen LogP contribution is 2.10. The summed E-state index contributed by atoms with van der Waals surface area (Å²) in [6.45, 7) is 7.49. The van der Waals surface area contributed by atoms with Crippen molar-refractivity contribution in [2.45, 2.75) is 40.3 Å². The van der Waals surface area contributed by atoms with Crippen LogP contribution in [0, 0.1) is 13.8 Å². The summed E-state index contributed by atoms with van der Waals surface area (Å²) in [5, 5.41) is 2.52. The first-order chi connectivity index (χ1) is 13.8. The smallest absolute Gasteiger partial charge is 0.325 e. The number of nitrogens with one attached hydrogen (secondary N) is 1. The quantitative estimate of drug-likeness (QED) is 0.696. The van der Waals surface area contributed by atoms with Crippen LogP contribution in [0.5, 0.6) is 0 Å². The number of benzene rings is 2. The molecule has 0 spiro atoms. The Morgan fingerprint density at radius 3 is 2.31 bits per heavy atom. The minimum Gasteiger partial charge on any atom is -0.454 e. The second kappa shape index (κ2) is 10.4. The number of ether oxygens (including phenoxy) is 1. The zero-order chi connectivity index (χ0) is 21.4. The van der Waals surface area contributed by atoms with Crippen LogP contribution in [0.4, 0.5) is 0 Å². The highest BCUT2D eigenvalue weighted by Gasteiger charge is 2.19. The second-order valence-corrected chi connectivity index (χ2v) is 7.24. The van der Waals surface area contributed by atoms with Crippen LogP contribution in [-0.4, -0.2) is 41.9 Å². The molecule has 0 aliphatic rings. The van der Waals surface area contributed by atoms with Gasteiger partial charge in [0.1, 0.15) is 6.54 Å². The van der Waals surface area contributed by atoms with Crippen molar-refractivity contribution >= 4 is 17.8 Å². The van der Waals surface area contributed by atoms with Crippen molar-refractivity contribution in [2.75, 3.05) is 13.2 Å². The van der Waals surface area contributed by atoms with Gasteiger partial charge in [-0.05, 0) is 56.5 Å². The zero-order valence-electron chi connectivity index (χ0n) is 17.4. The summed E-state index contributed by atoms with van der Waals surface area (Å²) in [4.78, 5) is 38.2. The predicted octanol–water partition coefficient (Wildman–Crippen LogP) is 3.01. The molecule has 154 valence electrons. The third-order valence-electron chi connectivity index (χ3n) is 4.66. The number of carbonyl (C=O) groups is 3. The van der Waals surface area contributed by atoms with Gasteiger partial charge in [-0.2, -0.15) is 0 Å². The minimum atomic E-state index is -0.654. The Bertz CT molecular complexity index is 862. The number of esters is 1. The molecule has 6 nitrogen and oxygen atoms in total. The van der Waals surface area contributed by atoms with E-state index in [4.69, 9.17) is 4.74 Å². The van der Waals surface area contributed by atoms with Crippen molar-refractivity contribution in [1.82, 2.24) is 10.2 Å². The van der Waals surface area contributed by atoms with Crippen LogP contribution in [0.15, 0.2) is 48.5 Å². The summed E-state index contributed by atoms with van der Waals surface area (Å²) >= 11 is 0. The van der Waals surface area contributed by atoms with Gasteiger partial charge in [0.05, 0.1) is 0 Å². The fraction of sp³-hybridized carbons (Fsp3) is 0.348. The largest absolute Gasteiger partial charge is 0.454 e. The van der Waals surface area contributed by atoms with E-state index in [0.29, 0.717) is 12.1 Å². The molecule has 2 rings (SSSR count). The van der Waals surface area contributed by atoms with Crippen molar-refractivity contribution in [3.05, 3.63) is 70.8 Å². The molecule has 2 amide bonds. The van der Waals surface area contributed by atoms with Crippen molar-refractivity contribution < 1.29 is 19.1 Å². The number of hydrogen-bond acceptors (Lipinski definition) is 4. The van der Waals surface area contributed by atoms with Gasteiger partial charge in [0.15, 0.2) is 6.61 Å². The monoisotopic (exact) mass is 396 g/mol. The molecule has 0 unspecified atom stereocenters. The molecule has 0 heterocycles. The van der Waals surface area contributed by atoms with E-state index in [1.807, 2.05) is 64.1 Å². The molecule has 2 aromatic carbocycles. The van der Waals surface area contributed by atoms with Crippen LogP contribution < -0.4 is 5.32 Å². The maximum absolute atomic E-state index is 12.5. The van der Waals surface area contributed by atoms with Gasteiger partial charge in [0.25, 0.3) is 11.8 Å². The van der Waals surface area contributed by atoms with E-state index in [0.717, 1.165) is 16.7 Å². The number of amides is 2. The molecule has 1 N–H and O–H groups in total. The maximum atomic E-state index is 12.5. The third-order valence-corrected chi connectivity index (χ3v) is 4.66. The third kappa shape index (κ3) is 6.75. The summed E-state index contributed by atoms with van der Waals surface area (Å²) in [7, 11) is 0. The van der Waals surface area contributed by atoms with Gasteiger partial charge in [-0.25, -0.2) is 0 Å². The number of rotatable bonds is 8. The second-order valence-electron chi connectivity index (χ2n) is 7.24. The summed E-state index contributed by atoms with van der Waals surface area (Å²) < 4.78 is 5.06. The van der Waals surface area contributed by atoms with E-state index in [2.05, 4.69) is 5.32 Å². The standard InChI is InChI=1S/C23H28N2O4/c1-16(2)25(14-19-8-6-5-7-9-19)21(26)15-29-22(27)13-24-23(28)20-11-10-17(3)18(4)12-20/h5-12,16H,13-15H2,1-4H3,(H,24,28). The molecule has 0 radical (unpaired) electrons. The van der Waals surface area contributed by atoms with Crippen LogP contribution in [0.25, 0.3) is 0 Å². The first kappa shape index (κ1) is 22.1. The van der Waals surface area contributed by atoms with E-state index >= 15 is 0 Å². The SMILES string of the molecule is Cc1ccc(C(=O)NCC(=O)OCC(=O)N(Cc2ccccc2)C(C)C)cc1C. The van der Waals surface area contributed by atoms with Crippen molar-refractivity contribution in [3.63, 3.8) is 0 Å². The minimum absolute atomic E-state index is 0.0362. The summed E-state index contributed by atoms with van der Waals surface area (Å²) in [5.74, 6) is -1.29. The van der Waals surface area contributed by atoms with Crippen LogP contribution in [0.1, 0.15) is 40.9 Å². The predicted molar refractivity (Wildman–Crippen MR) is 111 cm³/mol. The summed E-state index contributed by atoms with van der Waals surface area (Å²) in [6, 6.07) is 14.9. The van der Waals surface area contributed by atoms with Crippen LogP contribution in [-0.2, 0) is 20.9 Å². The van der Waals surface area contributed by atoms with E-state index in [-0.39, 0.29) is 31.0 Å². The normalized spacial score (nSPS) is 10.5. The summed E-state index contributed by atoms with van der Waals surface area (Å²) in [5.41, 5.74) is 3.56. The van der Waals surface area contributed by atoms with Crippen LogP contribution >= 0.6 is 0 Å². The van der Waals surface area contributed by atoms with Crippen molar-refractivity contribution in [3.8, 4) is 0 Å². The van der Waals surface area contributed by atoms with E-state index in [9.17, 15) is 14.4 Å². The van der Waals surface area contributed by atoms with Gasteiger partial charge in [0.2, 0.25) is 0 Å². The fourth-order valence-electron chi connectivity index (χ4n) is 2.75. The lowest BCUT2D eigenvalue weighted by molar-refractivity contribution is -0.152. The number of aryl methyl sites for hydroxylation is 2. The average molecular weight is 396 g/mol. The Morgan fingerprint density at radius 1 is 1.00 bits per heavy atom. The number of hydrogen-bond donors (Lipinski definition) is 1. The van der Waals surface area contributed by atoms with Gasteiger partial charge in [-0.15, -0.1) is 0 Å². The fourth-order valence-corrected chi connectivity index (χ4v) is 2.75. The van der Waals surface area contributed by atoms with Gasteiger partial charge >= 0.3 is 5.97 Å². The first-order valence-electron chi connectivity index (χ1n) is 9.62. The molecule has 2 aromatic rings. The average Bonchev–Trinajstić information content (AvgIpc) is 2.71. The van der Waals surface area contributed by atoms with E-state index in [1.165, 1.54) is 0 Å². The first-order valence-corrected chi connectivity index (χ1v) is 9.62. The Balaban J connectivity index is 1.82. The van der Waals surface area contributed by atoms with Gasteiger partial charge < -0.3 is 15.0 Å². The topological polar surface area (TPSA) is 75.7 Å². The van der Waals surface area contributed by atoms with Crippen LogP contribution in [0.3, 0.4) is 0 Å². The van der Waals surface area contributed by atoms with Crippen LogP contribution in [0.2, 0.25) is 0 Å². The molecule has 0 atom stereocenters. The Labute approximate surface area is 171 Å². The molecule has 29 heavy (non-hydrogen) atoms. The molecule has 0 saturated carbocycles. The van der Waals surface area contributed by atoms with E-state index < -0.39 is 5.97 Å². The lowest BCUT2D eigenvalue weighted by Gasteiger charge is -2.26. The van der Waals surface area contributed by atoms with Crippen molar-refractivity contribution in [2.24, 2.45) is 0 Å². The van der Waals surface area contributed by atoms with E-state index in [1.54, 1.807) is 17.0 Å². The van der Waals surface area contributed by atoms with Gasteiger partial charge in [-0.3, -0.25) is 14.4 Å². The lowest BCUT2D eigenvalue weighted by Crippen LogP contribution is -2.40. The highest BCUT2D eigenvalue weighted by atomic mass is 16.5. The summed E-state index contributed by atoms with van der Waals surface area (Å²) in [6.07, 6.45) is 0. The molecule has 6 heteroatoms. The Kier molecular flexibility index (Phi) is 7.95. The Morgan fingerprint density at radius 2 is 1.69 bits per heavy atom. The molecular weight excluding hydrogens is 368 g/mol. The molecule has 0 aliphatic carbocycles. The van der Waals surface area contributed by atoms with Crippen molar-refractivity contribution in [1.29, 1.82) is 0 Å². The van der Waals surface area contributed by atoms with Gasteiger partial charge in [0, 0.05) is 18.2 Å². The molecule has 0 aromatic heterocycles. The maximum Gasteiger partial charge on any atom is 0.325 e. The molecular formula is C23H28N2O4. The number of nitrogens with zero attached hydrogens (tertiary/aromatic N) is 1. The lowest BCUT2D eigenvalue weighted by atomic mass is 10.1. The van der Waals surface area contributed by atoms with Gasteiger partial charge in [-0.1, -0.05) is 36.4 Å². The molecule has 0 fully saturated rings. The molecule has 0 aliphatic heterocycles. The molecule has 0 bridgehead atoms.